The first-order chi connectivity index (χ1) is 18.0. The number of thiophene rings is 2. The summed E-state index contributed by atoms with van der Waals surface area (Å²) in [5.74, 6) is 0. The normalized spacial score (nSPS) is 22.1. The van der Waals surface area contributed by atoms with E-state index in [1.807, 2.05) is 51.8 Å². The smallest absolute Gasteiger partial charge is 0.227 e. The van der Waals surface area contributed by atoms with Crippen LogP contribution in [0.3, 0.4) is 0 Å². The third-order valence-corrected chi connectivity index (χ3v) is 9.22. The molecule has 2 aromatic heterocycles. The van der Waals surface area contributed by atoms with Gasteiger partial charge < -0.3 is 19.7 Å². The number of aliphatic hydroxyl groups excluding tert-OH is 1. The number of rotatable bonds is 6. The highest BCUT2D eigenvalue weighted by Gasteiger charge is 2.38. The highest BCUT2D eigenvalue weighted by molar-refractivity contribution is 7.17. The minimum atomic E-state index is -0.518. The Hall–Kier alpha value is -3.05. The van der Waals surface area contributed by atoms with Crippen LogP contribution in [0.2, 0.25) is 0 Å². The van der Waals surface area contributed by atoms with Gasteiger partial charge in [0.15, 0.2) is 0 Å². The summed E-state index contributed by atoms with van der Waals surface area (Å²) >= 11 is 3.15. The van der Waals surface area contributed by atoms with E-state index in [4.69, 9.17) is 13.1 Å². The molecule has 2 heterocycles. The Balaban J connectivity index is 0.000000211. The predicted octanol–water partition coefficient (Wildman–Crippen LogP) is 6.42. The van der Waals surface area contributed by atoms with Crippen LogP contribution >= 0.6 is 22.7 Å². The third kappa shape index (κ3) is 5.99. The van der Waals surface area contributed by atoms with Gasteiger partial charge in [-0.1, -0.05) is 6.92 Å². The molecule has 2 aliphatic carbocycles. The molecule has 0 saturated heterocycles. The van der Waals surface area contributed by atoms with Crippen molar-refractivity contribution < 1.29 is 9.90 Å². The second kappa shape index (κ2) is 12.2. The fourth-order valence-corrected chi connectivity index (χ4v) is 7.50. The Morgan fingerprint density at radius 3 is 1.82 bits per heavy atom. The Morgan fingerprint density at radius 1 is 0.895 bits per heavy atom. The molecule has 1 N–H and O–H groups in total. The average Bonchev–Trinajstić information content (AvgIpc) is 3.45. The molecule has 0 unspecified atom stereocenters. The van der Waals surface area contributed by atoms with E-state index in [2.05, 4.69) is 19.7 Å². The molecular formula is C28H36N6O2S2. The molecule has 0 bridgehead atoms. The molecule has 0 radical (unpaired) electrons. The lowest BCUT2D eigenvalue weighted by Gasteiger charge is -2.32. The van der Waals surface area contributed by atoms with Crippen LogP contribution in [0, 0.1) is 13.1 Å². The number of fused-ring (bicyclic) bond motifs is 2. The van der Waals surface area contributed by atoms with Crippen molar-refractivity contribution in [1.29, 1.82) is 0 Å². The zero-order chi connectivity index (χ0) is 28.1. The summed E-state index contributed by atoms with van der Waals surface area (Å²) in [6.45, 7) is 18.9. The highest BCUT2D eigenvalue weighted by Crippen LogP contribution is 2.53. The number of carbonyl (C=O) groups excluding carboxylic acids is 1. The Morgan fingerprint density at radius 2 is 1.37 bits per heavy atom. The second-order valence-corrected chi connectivity index (χ2v) is 12.9. The van der Waals surface area contributed by atoms with E-state index < -0.39 is 5.41 Å². The largest absolute Gasteiger partial charge is 0.396 e. The molecule has 2 atom stereocenters. The minimum Gasteiger partial charge on any atom is -0.396 e. The van der Waals surface area contributed by atoms with Gasteiger partial charge in [-0.2, -0.15) is 0 Å². The van der Waals surface area contributed by atoms with Crippen LogP contribution in [-0.2, 0) is 28.5 Å². The van der Waals surface area contributed by atoms with Gasteiger partial charge in [-0.3, -0.25) is 0 Å². The monoisotopic (exact) mass is 552 g/mol. The zero-order valence-electron chi connectivity index (χ0n) is 23.0. The summed E-state index contributed by atoms with van der Waals surface area (Å²) in [4.78, 5) is 33.6. The van der Waals surface area contributed by atoms with Crippen molar-refractivity contribution >= 4 is 63.0 Å². The molecule has 10 heteroatoms. The third-order valence-electron chi connectivity index (χ3n) is 6.93. The fourth-order valence-electron chi connectivity index (χ4n) is 4.97. The molecule has 8 nitrogen and oxygen atoms in total. The number of hydrogen-bond acceptors (Lipinski definition) is 6. The molecule has 202 valence electrons. The maximum atomic E-state index is 11.4. The number of carbonyl (C=O) groups is 1. The van der Waals surface area contributed by atoms with Crippen LogP contribution in [0.5, 0.6) is 0 Å². The molecule has 0 saturated carbocycles. The summed E-state index contributed by atoms with van der Waals surface area (Å²) in [6, 6.07) is 0. The van der Waals surface area contributed by atoms with Gasteiger partial charge in [-0.05, 0) is 66.3 Å². The predicted molar refractivity (Wildman–Crippen MR) is 159 cm³/mol. The number of hydrogen-bond donors (Lipinski definition) is 1. The summed E-state index contributed by atoms with van der Waals surface area (Å²) < 4.78 is 0. The first-order valence-electron chi connectivity index (χ1n) is 12.6. The Bertz CT molecular complexity index is 1310. The maximum Gasteiger partial charge on any atom is 0.227 e. The molecule has 4 rings (SSSR count). The van der Waals surface area contributed by atoms with Crippen LogP contribution in [0.25, 0.3) is 9.69 Å². The van der Waals surface area contributed by atoms with E-state index >= 15 is 0 Å². The summed E-state index contributed by atoms with van der Waals surface area (Å²) in [5, 5.41) is 11.2. The van der Waals surface area contributed by atoms with E-state index in [1.165, 1.54) is 4.88 Å². The molecule has 2 aliphatic rings. The molecule has 0 spiro atoms. The van der Waals surface area contributed by atoms with Gasteiger partial charge in [0.2, 0.25) is 11.4 Å². The number of aryl methyl sites for hydroxylation is 2. The fraction of sp³-hybridized carbons (Fsp3) is 0.536. The zero-order valence-corrected chi connectivity index (χ0v) is 24.7. The van der Waals surface area contributed by atoms with E-state index in [-0.39, 0.29) is 12.0 Å². The number of aliphatic hydroxyl groups is 1. The van der Waals surface area contributed by atoms with Gasteiger partial charge in [0.1, 0.15) is 16.3 Å². The number of aldehydes is 1. The second-order valence-electron chi connectivity index (χ2n) is 10.7. The van der Waals surface area contributed by atoms with Crippen molar-refractivity contribution in [3.05, 3.63) is 43.7 Å². The number of aliphatic imine (C=N–C) groups is 2. The van der Waals surface area contributed by atoms with Crippen molar-refractivity contribution in [2.24, 2.45) is 9.98 Å². The van der Waals surface area contributed by atoms with E-state index in [0.717, 1.165) is 70.8 Å². The SMILES string of the molecule is [C-]#[N+]c1c(N=CN(C)C)sc2c1[C@@](C)(C=O)CCC2.[C-]#[N+]c1c(N=CN(C)C)sc2c1[C@@](C)(CO)CCC2. The Labute approximate surface area is 234 Å². The summed E-state index contributed by atoms with van der Waals surface area (Å²) in [7, 11) is 7.60. The standard InChI is InChI=1S/C14H19N3OS.C14H17N3OS/c2*1-14(8-18)7-5-6-10-11(14)12(15-2)13(19-10)16-9-17(3)4/h9,18H,5-8H2,1,3-4H3;8-9H,5-7H2,1,3-4H3/t2*14-/m11/s1. The van der Waals surface area contributed by atoms with Gasteiger partial charge in [0.25, 0.3) is 0 Å². The first kappa shape index (κ1) is 29.5. The first-order valence-corrected chi connectivity index (χ1v) is 14.2. The van der Waals surface area contributed by atoms with Gasteiger partial charge in [-0.25, -0.2) is 19.7 Å². The summed E-state index contributed by atoms with van der Waals surface area (Å²) in [6.07, 6.45) is 10.2. The van der Waals surface area contributed by atoms with Crippen molar-refractivity contribution in [2.45, 2.75) is 63.2 Å². The highest BCUT2D eigenvalue weighted by atomic mass is 32.1. The average molecular weight is 553 g/mol. The molecule has 0 fully saturated rings. The molecule has 2 aromatic rings. The molecule has 0 aromatic carbocycles. The van der Waals surface area contributed by atoms with Gasteiger partial charge >= 0.3 is 0 Å². The topological polar surface area (TPSA) is 77.2 Å². The lowest BCUT2D eigenvalue weighted by Crippen LogP contribution is -2.30. The maximum absolute atomic E-state index is 11.4. The van der Waals surface area contributed by atoms with Gasteiger partial charge in [-0.15, -0.1) is 22.7 Å². The molecule has 0 amide bonds. The summed E-state index contributed by atoms with van der Waals surface area (Å²) in [5.41, 5.74) is 2.35. The van der Waals surface area contributed by atoms with Crippen LogP contribution in [-0.4, -0.2) is 68.7 Å². The van der Waals surface area contributed by atoms with E-state index in [9.17, 15) is 9.90 Å². The van der Waals surface area contributed by atoms with Gasteiger partial charge in [0.05, 0.1) is 32.4 Å². The van der Waals surface area contributed by atoms with Crippen LogP contribution in [0.4, 0.5) is 21.4 Å². The Kier molecular flexibility index (Phi) is 9.48. The van der Waals surface area contributed by atoms with Crippen LogP contribution < -0.4 is 0 Å². The quantitative estimate of drug-likeness (QED) is 0.194. The van der Waals surface area contributed by atoms with Crippen LogP contribution in [0.1, 0.15) is 60.4 Å². The van der Waals surface area contributed by atoms with Crippen molar-refractivity contribution in [2.75, 3.05) is 34.8 Å². The lowest BCUT2D eigenvalue weighted by molar-refractivity contribution is -0.112. The van der Waals surface area contributed by atoms with Crippen molar-refractivity contribution in [3.63, 3.8) is 0 Å². The van der Waals surface area contributed by atoms with Crippen molar-refractivity contribution in [1.82, 2.24) is 9.80 Å². The minimum absolute atomic E-state index is 0.0933. The molecule has 38 heavy (non-hydrogen) atoms. The van der Waals surface area contributed by atoms with E-state index in [0.29, 0.717) is 11.4 Å². The molecular weight excluding hydrogens is 516 g/mol. The van der Waals surface area contributed by atoms with Gasteiger partial charge in [0, 0.05) is 39.0 Å². The van der Waals surface area contributed by atoms with E-state index in [1.54, 1.807) is 35.4 Å². The van der Waals surface area contributed by atoms with Crippen molar-refractivity contribution in [3.8, 4) is 0 Å². The molecule has 0 aliphatic heterocycles. The lowest BCUT2D eigenvalue weighted by atomic mass is 9.74. The number of nitrogens with zero attached hydrogens (tertiary/aromatic N) is 6. The van der Waals surface area contributed by atoms with Crippen LogP contribution in [0.15, 0.2) is 9.98 Å².